The maximum absolute atomic E-state index is 13.1. The smallest absolute Gasteiger partial charge is 0.318 e. The van der Waals surface area contributed by atoms with Crippen LogP contribution in [0.25, 0.3) is 0 Å². The van der Waals surface area contributed by atoms with E-state index in [1.54, 1.807) is 18.7 Å². The first-order valence-corrected chi connectivity index (χ1v) is 8.74. The standard InChI is InChI=1S/C19H23NO6/c1-4-25-19(23)15-14(11(2)18(22)24-3)13-10-26-17(20(13)16(15)21)12-8-6-5-7-9-12/h5-9,11,13-15,17H,4,10H2,1-3H3/t11?,13-,14-,15+,17-/m1/s1. The zero-order valence-corrected chi connectivity index (χ0v) is 15.1. The van der Waals surface area contributed by atoms with Crippen molar-refractivity contribution in [3.8, 4) is 0 Å². The summed E-state index contributed by atoms with van der Waals surface area (Å²) < 4.78 is 15.8. The zero-order valence-electron chi connectivity index (χ0n) is 15.1. The van der Waals surface area contributed by atoms with Crippen LogP contribution >= 0.6 is 0 Å². The third-order valence-corrected chi connectivity index (χ3v) is 5.16. The van der Waals surface area contributed by atoms with Crippen LogP contribution in [0.5, 0.6) is 0 Å². The van der Waals surface area contributed by atoms with Gasteiger partial charge in [0.05, 0.1) is 32.3 Å². The topological polar surface area (TPSA) is 82.1 Å². The predicted molar refractivity (Wildman–Crippen MR) is 90.6 cm³/mol. The zero-order chi connectivity index (χ0) is 18.8. The van der Waals surface area contributed by atoms with Gasteiger partial charge < -0.3 is 19.1 Å². The largest absolute Gasteiger partial charge is 0.469 e. The van der Waals surface area contributed by atoms with Gasteiger partial charge in [-0.25, -0.2) is 0 Å². The minimum absolute atomic E-state index is 0.172. The highest BCUT2D eigenvalue weighted by Gasteiger charge is 2.60. The Kier molecular flexibility index (Phi) is 5.27. The van der Waals surface area contributed by atoms with Crippen molar-refractivity contribution in [3.63, 3.8) is 0 Å². The van der Waals surface area contributed by atoms with E-state index in [1.807, 2.05) is 30.3 Å². The number of fused-ring (bicyclic) bond motifs is 1. The maximum atomic E-state index is 13.1. The van der Waals surface area contributed by atoms with Gasteiger partial charge in [-0.15, -0.1) is 0 Å². The molecule has 0 aromatic heterocycles. The summed E-state index contributed by atoms with van der Waals surface area (Å²) in [7, 11) is 1.30. The molecule has 3 rings (SSSR count). The van der Waals surface area contributed by atoms with Crippen LogP contribution in [-0.4, -0.2) is 49.1 Å². The summed E-state index contributed by atoms with van der Waals surface area (Å²) in [6.07, 6.45) is -0.569. The highest BCUT2D eigenvalue weighted by molar-refractivity contribution is 6.01. The molecule has 2 aliphatic rings. The average Bonchev–Trinajstić information content (AvgIpc) is 3.20. The van der Waals surface area contributed by atoms with Crippen molar-refractivity contribution in [3.05, 3.63) is 35.9 Å². The van der Waals surface area contributed by atoms with Crippen LogP contribution in [0.3, 0.4) is 0 Å². The van der Waals surface area contributed by atoms with Crippen LogP contribution in [-0.2, 0) is 28.6 Å². The first-order valence-electron chi connectivity index (χ1n) is 8.74. The second-order valence-corrected chi connectivity index (χ2v) is 6.53. The van der Waals surface area contributed by atoms with Crippen LogP contribution in [0.4, 0.5) is 0 Å². The molecule has 2 aliphatic heterocycles. The Morgan fingerprint density at radius 2 is 2.00 bits per heavy atom. The molecule has 7 nitrogen and oxygen atoms in total. The minimum Gasteiger partial charge on any atom is -0.469 e. The lowest BCUT2D eigenvalue weighted by molar-refractivity contribution is -0.157. The molecule has 1 aromatic carbocycles. The molecule has 0 saturated carbocycles. The summed E-state index contributed by atoms with van der Waals surface area (Å²) >= 11 is 0. The summed E-state index contributed by atoms with van der Waals surface area (Å²) in [5, 5.41) is 0. The van der Waals surface area contributed by atoms with Crippen LogP contribution in [0.2, 0.25) is 0 Å². The lowest BCUT2D eigenvalue weighted by Crippen LogP contribution is -2.38. The lowest BCUT2D eigenvalue weighted by Gasteiger charge is -2.25. The number of carbonyl (C=O) groups excluding carboxylic acids is 3. The number of rotatable bonds is 5. The van der Waals surface area contributed by atoms with Gasteiger partial charge >= 0.3 is 11.9 Å². The number of nitrogens with zero attached hydrogens (tertiary/aromatic N) is 1. The van der Waals surface area contributed by atoms with Crippen molar-refractivity contribution in [2.45, 2.75) is 26.1 Å². The number of esters is 2. The Hall–Kier alpha value is -2.41. The fraction of sp³-hybridized carbons (Fsp3) is 0.526. The number of benzene rings is 1. The van der Waals surface area contributed by atoms with Crippen LogP contribution < -0.4 is 0 Å². The van der Waals surface area contributed by atoms with E-state index in [4.69, 9.17) is 14.2 Å². The Bertz CT molecular complexity index is 691. The van der Waals surface area contributed by atoms with E-state index in [0.29, 0.717) is 0 Å². The van der Waals surface area contributed by atoms with Gasteiger partial charge in [0, 0.05) is 11.5 Å². The molecular weight excluding hydrogens is 338 g/mol. The number of hydrogen-bond acceptors (Lipinski definition) is 6. The highest BCUT2D eigenvalue weighted by Crippen LogP contribution is 2.46. The second kappa shape index (κ2) is 7.45. The molecule has 26 heavy (non-hydrogen) atoms. The first-order chi connectivity index (χ1) is 12.5. The van der Waals surface area contributed by atoms with Crippen molar-refractivity contribution in [1.29, 1.82) is 0 Å². The molecule has 5 atom stereocenters. The van der Waals surface area contributed by atoms with Gasteiger partial charge in [-0.2, -0.15) is 0 Å². The van der Waals surface area contributed by atoms with Crippen molar-refractivity contribution >= 4 is 17.8 Å². The summed E-state index contributed by atoms with van der Waals surface area (Å²) in [5.74, 6) is -3.62. The molecule has 140 valence electrons. The van der Waals surface area contributed by atoms with E-state index in [2.05, 4.69) is 0 Å². The van der Waals surface area contributed by atoms with E-state index in [9.17, 15) is 14.4 Å². The summed E-state index contributed by atoms with van der Waals surface area (Å²) in [4.78, 5) is 39.3. The van der Waals surface area contributed by atoms with Gasteiger partial charge in [0.15, 0.2) is 6.23 Å². The number of methoxy groups -OCH3 is 1. The van der Waals surface area contributed by atoms with E-state index in [0.717, 1.165) is 5.56 Å². The Labute approximate surface area is 152 Å². The van der Waals surface area contributed by atoms with Crippen molar-refractivity contribution in [2.75, 3.05) is 20.3 Å². The molecule has 0 aliphatic carbocycles. The van der Waals surface area contributed by atoms with Gasteiger partial charge in [0.1, 0.15) is 5.92 Å². The third-order valence-electron chi connectivity index (χ3n) is 5.16. The number of amides is 1. The molecule has 2 heterocycles. The van der Waals surface area contributed by atoms with E-state index < -0.39 is 35.9 Å². The molecule has 0 N–H and O–H groups in total. The van der Waals surface area contributed by atoms with Crippen LogP contribution in [0.15, 0.2) is 30.3 Å². The van der Waals surface area contributed by atoms with E-state index in [-0.39, 0.29) is 25.2 Å². The first kappa shape index (κ1) is 18.4. The van der Waals surface area contributed by atoms with Gasteiger partial charge in [0.2, 0.25) is 5.91 Å². The second-order valence-electron chi connectivity index (χ2n) is 6.53. The van der Waals surface area contributed by atoms with Crippen LogP contribution in [0, 0.1) is 17.8 Å². The molecule has 1 amide bonds. The van der Waals surface area contributed by atoms with Gasteiger partial charge in [-0.1, -0.05) is 37.3 Å². The molecule has 2 saturated heterocycles. The quantitative estimate of drug-likeness (QED) is 0.584. The number of ether oxygens (including phenoxy) is 3. The molecule has 0 spiro atoms. The molecule has 7 heteroatoms. The van der Waals surface area contributed by atoms with Crippen molar-refractivity contribution in [2.24, 2.45) is 17.8 Å². The summed E-state index contributed by atoms with van der Waals surface area (Å²) in [6.45, 7) is 3.79. The van der Waals surface area contributed by atoms with E-state index in [1.165, 1.54) is 7.11 Å². The Balaban J connectivity index is 1.96. The Morgan fingerprint density at radius 1 is 1.31 bits per heavy atom. The van der Waals surface area contributed by atoms with Gasteiger partial charge in [0.25, 0.3) is 0 Å². The maximum Gasteiger partial charge on any atom is 0.318 e. The minimum atomic E-state index is -1.02. The normalized spacial score (nSPS) is 28.6. The molecule has 0 bridgehead atoms. The molecule has 1 unspecified atom stereocenters. The molecule has 1 aromatic rings. The number of carbonyl (C=O) groups is 3. The highest BCUT2D eigenvalue weighted by atomic mass is 16.5. The molecular formula is C19H23NO6. The number of hydrogen-bond donors (Lipinski definition) is 0. The summed E-state index contributed by atoms with van der Waals surface area (Å²) in [6, 6.07) is 8.98. The average molecular weight is 361 g/mol. The lowest BCUT2D eigenvalue weighted by atomic mass is 9.80. The summed E-state index contributed by atoms with van der Waals surface area (Å²) in [5.41, 5.74) is 0.831. The van der Waals surface area contributed by atoms with Crippen LogP contribution in [0.1, 0.15) is 25.6 Å². The molecule has 0 radical (unpaired) electrons. The fourth-order valence-corrected chi connectivity index (χ4v) is 3.98. The molecule has 2 fully saturated rings. The monoisotopic (exact) mass is 361 g/mol. The van der Waals surface area contributed by atoms with Crippen molar-refractivity contribution in [1.82, 2.24) is 4.90 Å². The predicted octanol–water partition coefficient (Wildman–Crippen LogP) is 1.53. The van der Waals surface area contributed by atoms with Gasteiger partial charge in [-0.05, 0) is 6.92 Å². The third kappa shape index (κ3) is 2.96. The fourth-order valence-electron chi connectivity index (χ4n) is 3.98. The Morgan fingerprint density at radius 3 is 2.62 bits per heavy atom. The van der Waals surface area contributed by atoms with E-state index >= 15 is 0 Å². The van der Waals surface area contributed by atoms with Crippen molar-refractivity contribution < 1.29 is 28.6 Å². The van der Waals surface area contributed by atoms with Gasteiger partial charge in [-0.3, -0.25) is 14.4 Å². The SMILES string of the molecule is CCOC(=O)[C@@H]1C(=O)N2[C@@H](c3ccccc3)OC[C@@H]2[C@H]1C(C)C(=O)OC.